The number of carbonyl (C=O) groups excluding carboxylic acids is 1. The Kier molecular flexibility index (Phi) is 4.33. The first-order valence-electron chi connectivity index (χ1n) is 6.34. The van der Waals surface area contributed by atoms with Crippen LogP contribution in [-0.2, 0) is 18.2 Å². The maximum Gasteiger partial charge on any atom is 0.269 e. The summed E-state index contributed by atoms with van der Waals surface area (Å²) in [5, 5.41) is 10.4. The van der Waals surface area contributed by atoms with Gasteiger partial charge in [0.15, 0.2) is 0 Å². The van der Waals surface area contributed by atoms with Crippen LogP contribution in [0.3, 0.4) is 0 Å². The Morgan fingerprint density at radius 3 is 3.17 bits per heavy atom. The van der Waals surface area contributed by atoms with E-state index < -0.39 is 0 Å². The largest absolute Gasteiger partial charge is 0.374 e. The lowest BCUT2D eigenvalue weighted by Crippen LogP contribution is -2.45. The molecular formula is C12H20N4O2. The van der Waals surface area contributed by atoms with Gasteiger partial charge in [-0.3, -0.25) is 9.48 Å². The number of nitrogens with zero attached hydrogens (tertiary/aromatic N) is 2. The second-order valence-electron chi connectivity index (χ2n) is 4.41. The Balaban J connectivity index is 1.88. The molecular weight excluding hydrogens is 232 g/mol. The van der Waals surface area contributed by atoms with Crippen LogP contribution in [0.15, 0.2) is 6.07 Å². The lowest BCUT2D eigenvalue weighted by atomic mass is 10.2. The van der Waals surface area contributed by atoms with E-state index in [1.54, 1.807) is 11.7 Å². The van der Waals surface area contributed by atoms with Crippen molar-refractivity contribution in [2.24, 2.45) is 7.05 Å². The Morgan fingerprint density at radius 2 is 2.56 bits per heavy atom. The maximum atomic E-state index is 12.0. The molecule has 0 saturated carbocycles. The van der Waals surface area contributed by atoms with E-state index in [0.29, 0.717) is 18.8 Å². The van der Waals surface area contributed by atoms with E-state index in [0.717, 1.165) is 25.2 Å². The number of carbonyl (C=O) groups is 1. The van der Waals surface area contributed by atoms with E-state index in [1.807, 2.05) is 13.0 Å². The van der Waals surface area contributed by atoms with Crippen molar-refractivity contribution in [1.29, 1.82) is 0 Å². The third-order valence-electron chi connectivity index (χ3n) is 3.02. The first kappa shape index (κ1) is 13.0. The average molecular weight is 252 g/mol. The molecule has 1 unspecified atom stereocenters. The molecule has 100 valence electrons. The van der Waals surface area contributed by atoms with Gasteiger partial charge < -0.3 is 15.4 Å². The highest BCUT2D eigenvalue weighted by Crippen LogP contribution is 2.04. The van der Waals surface area contributed by atoms with Gasteiger partial charge in [0.2, 0.25) is 0 Å². The van der Waals surface area contributed by atoms with Crippen LogP contribution in [0.5, 0.6) is 0 Å². The minimum atomic E-state index is -0.0983. The summed E-state index contributed by atoms with van der Waals surface area (Å²) in [4.78, 5) is 12.0. The van der Waals surface area contributed by atoms with Gasteiger partial charge in [-0.25, -0.2) is 0 Å². The molecule has 0 bridgehead atoms. The van der Waals surface area contributed by atoms with E-state index in [-0.39, 0.29) is 12.0 Å². The normalized spacial score (nSPS) is 19.8. The van der Waals surface area contributed by atoms with Crippen molar-refractivity contribution >= 4 is 5.91 Å². The topological polar surface area (TPSA) is 68.2 Å². The molecule has 6 heteroatoms. The number of aromatic nitrogens is 2. The molecule has 2 heterocycles. The van der Waals surface area contributed by atoms with Gasteiger partial charge in [-0.15, -0.1) is 0 Å². The Labute approximate surface area is 107 Å². The summed E-state index contributed by atoms with van der Waals surface area (Å²) in [7, 11) is 1.78. The van der Waals surface area contributed by atoms with Crippen LogP contribution in [0.25, 0.3) is 0 Å². The van der Waals surface area contributed by atoms with E-state index in [9.17, 15) is 4.79 Å². The summed E-state index contributed by atoms with van der Waals surface area (Å²) in [5.41, 5.74) is 1.52. The molecule has 1 atom stereocenters. The Morgan fingerprint density at radius 1 is 1.72 bits per heavy atom. The summed E-state index contributed by atoms with van der Waals surface area (Å²) < 4.78 is 7.14. The fraction of sp³-hybridized carbons (Fsp3) is 0.667. The first-order valence-corrected chi connectivity index (χ1v) is 6.34. The van der Waals surface area contributed by atoms with Crippen molar-refractivity contribution in [3.8, 4) is 0 Å². The van der Waals surface area contributed by atoms with Crippen molar-refractivity contribution in [3.05, 3.63) is 17.5 Å². The van der Waals surface area contributed by atoms with Crippen LogP contribution < -0.4 is 10.6 Å². The number of nitrogens with one attached hydrogen (secondary N) is 2. The van der Waals surface area contributed by atoms with Crippen LogP contribution in [0.1, 0.15) is 23.1 Å². The van der Waals surface area contributed by atoms with Gasteiger partial charge in [0.1, 0.15) is 5.69 Å². The average Bonchev–Trinajstić information content (AvgIpc) is 2.78. The van der Waals surface area contributed by atoms with Gasteiger partial charge in [0.25, 0.3) is 5.91 Å². The molecule has 6 nitrogen and oxygen atoms in total. The number of amides is 1. The Hall–Kier alpha value is -1.40. The Bertz CT molecular complexity index is 410. The number of morpholine rings is 1. The van der Waals surface area contributed by atoms with E-state index >= 15 is 0 Å². The van der Waals surface area contributed by atoms with Crippen LogP contribution >= 0.6 is 0 Å². The number of hydrogen-bond acceptors (Lipinski definition) is 4. The minimum Gasteiger partial charge on any atom is -0.374 e. The van der Waals surface area contributed by atoms with Gasteiger partial charge in [0, 0.05) is 26.7 Å². The number of aryl methyl sites for hydroxylation is 2. The van der Waals surface area contributed by atoms with Crippen molar-refractivity contribution in [1.82, 2.24) is 20.4 Å². The lowest BCUT2D eigenvalue weighted by molar-refractivity contribution is 0.0286. The second kappa shape index (κ2) is 5.97. The fourth-order valence-electron chi connectivity index (χ4n) is 1.96. The van der Waals surface area contributed by atoms with Crippen LogP contribution in [0.4, 0.5) is 0 Å². The van der Waals surface area contributed by atoms with E-state index in [1.165, 1.54) is 0 Å². The van der Waals surface area contributed by atoms with Crippen LogP contribution in [-0.4, -0.2) is 48.0 Å². The highest BCUT2D eigenvalue weighted by atomic mass is 16.5. The van der Waals surface area contributed by atoms with E-state index in [2.05, 4.69) is 15.7 Å². The summed E-state index contributed by atoms with van der Waals surface area (Å²) in [6, 6.07) is 1.83. The van der Waals surface area contributed by atoms with Gasteiger partial charge in [0.05, 0.1) is 18.4 Å². The minimum absolute atomic E-state index is 0.0570. The molecule has 1 aliphatic heterocycles. The molecule has 1 aromatic heterocycles. The second-order valence-corrected chi connectivity index (χ2v) is 4.41. The van der Waals surface area contributed by atoms with Gasteiger partial charge in [-0.05, 0) is 12.5 Å². The van der Waals surface area contributed by atoms with Crippen molar-refractivity contribution < 1.29 is 9.53 Å². The van der Waals surface area contributed by atoms with Gasteiger partial charge in [-0.1, -0.05) is 6.92 Å². The quantitative estimate of drug-likeness (QED) is 0.772. The van der Waals surface area contributed by atoms with Crippen molar-refractivity contribution in [2.45, 2.75) is 19.4 Å². The standard InChI is InChI=1S/C12H20N4O2/c1-3-9-6-11(16(2)15-9)12(17)14-8-10-7-13-4-5-18-10/h6,10,13H,3-5,7-8H2,1-2H3,(H,14,17). The molecule has 0 spiro atoms. The zero-order valence-corrected chi connectivity index (χ0v) is 10.9. The predicted octanol–water partition coefficient (Wildman–Crippen LogP) is -0.299. The summed E-state index contributed by atoms with van der Waals surface area (Å²) in [5.74, 6) is -0.0983. The monoisotopic (exact) mass is 252 g/mol. The van der Waals surface area contributed by atoms with E-state index in [4.69, 9.17) is 4.74 Å². The number of rotatable bonds is 4. The van der Waals surface area contributed by atoms with Gasteiger partial charge >= 0.3 is 0 Å². The summed E-state index contributed by atoms with van der Waals surface area (Å²) in [6.07, 6.45) is 0.887. The molecule has 0 aromatic carbocycles. The number of hydrogen-bond donors (Lipinski definition) is 2. The fourth-order valence-corrected chi connectivity index (χ4v) is 1.96. The third-order valence-corrected chi connectivity index (χ3v) is 3.02. The first-order chi connectivity index (χ1) is 8.70. The molecule has 1 saturated heterocycles. The molecule has 0 aliphatic carbocycles. The zero-order chi connectivity index (χ0) is 13.0. The highest BCUT2D eigenvalue weighted by Gasteiger charge is 2.17. The molecule has 1 aliphatic rings. The zero-order valence-electron chi connectivity index (χ0n) is 10.9. The predicted molar refractivity (Wildman–Crippen MR) is 67.5 cm³/mol. The maximum absolute atomic E-state index is 12.0. The smallest absolute Gasteiger partial charge is 0.269 e. The molecule has 1 aromatic rings. The molecule has 18 heavy (non-hydrogen) atoms. The summed E-state index contributed by atoms with van der Waals surface area (Å²) in [6.45, 7) is 4.91. The molecule has 2 rings (SSSR count). The van der Waals surface area contributed by atoms with Crippen LogP contribution in [0.2, 0.25) is 0 Å². The molecule has 1 fully saturated rings. The molecule has 1 amide bonds. The lowest BCUT2D eigenvalue weighted by Gasteiger charge is -2.23. The van der Waals surface area contributed by atoms with Crippen LogP contribution in [0, 0.1) is 0 Å². The molecule has 2 N–H and O–H groups in total. The summed E-state index contributed by atoms with van der Waals surface area (Å²) >= 11 is 0. The number of ether oxygens (including phenoxy) is 1. The third kappa shape index (κ3) is 3.08. The van der Waals surface area contributed by atoms with Crippen molar-refractivity contribution in [3.63, 3.8) is 0 Å². The SMILES string of the molecule is CCc1cc(C(=O)NCC2CNCCO2)n(C)n1. The molecule has 0 radical (unpaired) electrons. The highest BCUT2D eigenvalue weighted by molar-refractivity contribution is 5.92. The van der Waals surface area contributed by atoms with Crippen molar-refractivity contribution in [2.75, 3.05) is 26.2 Å². The van der Waals surface area contributed by atoms with Gasteiger partial charge in [-0.2, -0.15) is 5.10 Å².